The molecule has 1 heterocycles. The zero-order chi connectivity index (χ0) is 34.3. The SMILES string of the molecule is CC1(C)c2cc(C#N)ccc2-c2ccc(-c3cccc(-c4ccc5c(c4)c(-c4ccccc4)nc4c6ccccc6c6ccccc6c54)c3)cc21. The quantitative estimate of drug-likeness (QED) is 0.179. The van der Waals surface area contributed by atoms with Gasteiger partial charge in [-0.1, -0.05) is 141 Å². The van der Waals surface area contributed by atoms with Crippen LogP contribution in [0.1, 0.15) is 30.5 Å². The predicted molar refractivity (Wildman–Crippen MR) is 213 cm³/mol. The van der Waals surface area contributed by atoms with Gasteiger partial charge in [-0.15, -0.1) is 0 Å². The van der Waals surface area contributed by atoms with E-state index in [4.69, 9.17) is 4.98 Å². The van der Waals surface area contributed by atoms with Crippen LogP contribution >= 0.6 is 0 Å². The molecule has 0 saturated carbocycles. The Labute approximate surface area is 296 Å². The Morgan fingerprint density at radius 1 is 0.451 bits per heavy atom. The van der Waals surface area contributed by atoms with E-state index in [1.807, 2.05) is 6.07 Å². The smallest absolute Gasteiger partial charge is 0.0991 e. The van der Waals surface area contributed by atoms with Crippen molar-refractivity contribution in [1.29, 1.82) is 5.26 Å². The predicted octanol–water partition coefficient (Wildman–Crippen LogP) is 12.9. The highest BCUT2D eigenvalue weighted by molar-refractivity contribution is 6.31. The highest BCUT2D eigenvalue weighted by atomic mass is 14.7. The molecule has 0 unspecified atom stereocenters. The monoisotopic (exact) mass is 648 g/mol. The number of nitriles is 1. The van der Waals surface area contributed by atoms with Crippen molar-refractivity contribution in [3.63, 3.8) is 0 Å². The zero-order valence-corrected chi connectivity index (χ0v) is 28.4. The normalized spacial score (nSPS) is 13.0. The van der Waals surface area contributed by atoms with Gasteiger partial charge < -0.3 is 0 Å². The molecule has 51 heavy (non-hydrogen) atoms. The largest absolute Gasteiger partial charge is 0.246 e. The summed E-state index contributed by atoms with van der Waals surface area (Å²) in [5.41, 5.74) is 13.3. The molecule has 0 amide bonds. The van der Waals surface area contributed by atoms with Crippen molar-refractivity contribution in [3.8, 4) is 50.7 Å². The molecular formula is C49H32N2. The van der Waals surface area contributed by atoms with Crippen molar-refractivity contribution in [2.24, 2.45) is 0 Å². The van der Waals surface area contributed by atoms with Crippen LogP contribution in [0.25, 0.3) is 87.9 Å². The first-order chi connectivity index (χ1) is 25.0. The molecule has 238 valence electrons. The number of hydrogen-bond acceptors (Lipinski definition) is 2. The van der Waals surface area contributed by atoms with E-state index in [0.29, 0.717) is 5.56 Å². The maximum Gasteiger partial charge on any atom is 0.0991 e. The summed E-state index contributed by atoms with van der Waals surface area (Å²) in [4.78, 5) is 5.51. The van der Waals surface area contributed by atoms with Crippen LogP contribution in [0.3, 0.4) is 0 Å². The first kappa shape index (κ1) is 29.4. The van der Waals surface area contributed by atoms with E-state index < -0.39 is 0 Å². The molecule has 0 aliphatic heterocycles. The first-order valence-electron chi connectivity index (χ1n) is 17.5. The number of rotatable bonds is 3. The van der Waals surface area contributed by atoms with Crippen molar-refractivity contribution in [3.05, 3.63) is 174 Å². The summed E-state index contributed by atoms with van der Waals surface area (Å²) >= 11 is 0. The minimum absolute atomic E-state index is 0.192. The molecule has 1 aliphatic carbocycles. The second-order valence-electron chi connectivity index (χ2n) is 14.2. The fraction of sp³-hybridized carbons (Fsp3) is 0.0612. The van der Waals surface area contributed by atoms with E-state index in [9.17, 15) is 5.26 Å². The lowest BCUT2D eigenvalue weighted by Gasteiger charge is -2.22. The van der Waals surface area contributed by atoms with Crippen LogP contribution in [-0.4, -0.2) is 4.98 Å². The number of benzene rings is 8. The molecule has 10 rings (SSSR count). The summed E-state index contributed by atoms with van der Waals surface area (Å²) in [6, 6.07) is 59.0. The lowest BCUT2D eigenvalue weighted by Crippen LogP contribution is -2.15. The molecule has 0 fully saturated rings. The molecule has 0 radical (unpaired) electrons. The molecule has 8 aromatic carbocycles. The molecule has 1 aliphatic rings. The Kier molecular flexibility index (Phi) is 6.32. The van der Waals surface area contributed by atoms with Gasteiger partial charge in [0, 0.05) is 27.1 Å². The van der Waals surface area contributed by atoms with Crippen LogP contribution in [0, 0.1) is 11.3 Å². The van der Waals surface area contributed by atoms with Gasteiger partial charge >= 0.3 is 0 Å². The summed E-state index contributed by atoms with van der Waals surface area (Å²) in [6.07, 6.45) is 0. The molecule has 2 heteroatoms. The maximum atomic E-state index is 9.57. The number of pyridine rings is 1. The van der Waals surface area contributed by atoms with Crippen LogP contribution in [0.4, 0.5) is 0 Å². The average Bonchev–Trinajstić information content (AvgIpc) is 3.42. The van der Waals surface area contributed by atoms with Gasteiger partial charge in [0.1, 0.15) is 0 Å². The van der Waals surface area contributed by atoms with Crippen molar-refractivity contribution >= 4 is 43.2 Å². The summed E-state index contributed by atoms with van der Waals surface area (Å²) in [6.45, 7) is 4.53. The number of fused-ring (bicyclic) bond motifs is 11. The van der Waals surface area contributed by atoms with Crippen LogP contribution in [0.15, 0.2) is 158 Å². The minimum atomic E-state index is -0.192. The Bertz CT molecular complexity index is 2950. The van der Waals surface area contributed by atoms with Gasteiger partial charge in [0.2, 0.25) is 0 Å². The van der Waals surface area contributed by atoms with E-state index in [1.54, 1.807) is 0 Å². The molecule has 9 aromatic rings. The third-order valence-corrected chi connectivity index (χ3v) is 11.1. The summed E-state index contributed by atoms with van der Waals surface area (Å²) in [7, 11) is 0. The fourth-order valence-electron chi connectivity index (χ4n) is 8.50. The zero-order valence-electron chi connectivity index (χ0n) is 28.4. The Morgan fingerprint density at radius 3 is 1.75 bits per heavy atom. The fourth-order valence-corrected chi connectivity index (χ4v) is 8.50. The Balaban J connectivity index is 1.16. The highest BCUT2D eigenvalue weighted by Gasteiger charge is 2.35. The van der Waals surface area contributed by atoms with Gasteiger partial charge in [-0.25, -0.2) is 4.98 Å². The van der Waals surface area contributed by atoms with Gasteiger partial charge in [0.15, 0.2) is 0 Å². The lowest BCUT2D eigenvalue weighted by molar-refractivity contribution is 0.660. The van der Waals surface area contributed by atoms with Gasteiger partial charge in [0.05, 0.1) is 22.8 Å². The summed E-state index contributed by atoms with van der Waals surface area (Å²) < 4.78 is 0. The van der Waals surface area contributed by atoms with Gasteiger partial charge in [-0.05, 0) is 96.4 Å². The summed E-state index contributed by atoms with van der Waals surface area (Å²) in [5, 5.41) is 18.0. The van der Waals surface area contributed by atoms with Crippen molar-refractivity contribution in [2.45, 2.75) is 19.3 Å². The van der Waals surface area contributed by atoms with E-state index >= 15 is 0 Å². The lowest BCUT2D eigenvalue weighted by atomic mass is 9.81. The van der Waals surface area contributed by atoms with Gasteiger partial charge in [-0.3, -0.25) is 0 Å². The molecule has 0 spiro atoms. The van der Waals surface area contributed by atoms with Gasteiger partial charge in [0.25, 0.3) is 0 Å². The topological polar surface area (TPSA) is 36.7 Å². The van der Waals surface area contributed by atoms with Crippen LogP contribution in [-0.2, 0) is 5.41 Å². The third kappa shape index (κ3) is 4.38. The first-order valence-corrected chi connectivity index (χ1v) is 17.5. The second-order valence-corrected chi connectivity index (χ2v) is 14.2. The van der Waals surface area contributed by atoms with Crippen molar-refractivity contribution in [2.75, 3.05) is 0 Å². The summed E-state index contributed by atoms with van der Waals surface area (Å²) in [5.74, 6) is 0. The van der Waals surface area contributed by atoms with Gasteiger partial charge in [-0.2, -0.15) is 5.26 Å². The van der Waals surface area contributed by atoms with E-state index in [1.165, 1.54) is 71.3 Å². The molecule has 0 N–H and O–H groups in total. The number of aromatic nitrogens is 1. The Morgan fingerprint density at radius 2 is 1.00 bits per heavy atom. The third-order valence-electron chi connectivity index (χ3n) is 11.1. The molecule has 0 saturated heterocycles. The number of nitrogens with zero attached hydrogens (tertiary/aromatic N) is 2. The van der Waals surface area contributed by atoms with E-state index in [2.05, 4.69) is 172 Å². The van der Waals surface area contributed by atoms with Crippen LogP contribution in [0.2, 0.25) is 0 Å². The average molecular weight is 649 g/mol. The minimum Gasteiger partial charge on any atom is -0.246 e. The molecular weight excluding hydrogens is 617 g/mol. The maximum absolute atomic E-state index is 9.57. The molecule has 0 bridgehead atoms. The molecule has 2 nitrogen and oxygen atoms in total. The van der Waals surface area contributed by atoms with Crippen molar-refractivity contribution in [1.82, 2.24) is 4.98 Å². The van der Waals surface area contributed by atoms with E-state index in [0.717, 1.165) is 27.7 Å². The molecule has 0 atom stereocenters. The molecule has 1 aromatic heterocycles. The van der Waals surface area contributed by atoms with E-state index in [-0.39, 0.29) is 5.41 Å². The van der Waals surface area contributed by atoms with Crippen LogP contribution in [0.5, 0.6) is 0 Å². The number of hydrogen-bond donors (Lipinski definition) is 0. The van der Waals surface area contributed by atoms with Crippen LogP contribution < -0.4 is 0 Å². The highest BCUT2D eigenvalue weighted by Crippen LogP contribution is 2.50. The van der Waals surface area contributed by atoms with Crippen molar-refractivity contribution < 1.29 is 0 Å². The Hall–Kier alpha value is -6.56. The standard InChI is InChI=1S/C49H32N2/c1-49(2)44-25-30(29-50)19-22-38(44)39-23-20-35(28-45(39)49)33-14-10-13-32(26-33)34-21-24-41-43(27-34)47(31-11-4-3-5-12-31)51-48-42-18-9-7-16-37(42)36-15-6-8-17-40(36)46(41)48/h3-28H,1-2H3. The second kappa shape index (κ2) is 11.0.